The first kappa shape index (κ1) is 18.2. The molecular weight excluding hydrogens is 356 g/mol. The third kappa shape index (κ3) is 3.48. The largest absolute Gasteiger partial charge is 0.496 e. The molecule has 0 spiro atoms. The van der Waals surface area contributed by atoms with Crippen LogP contribution in [0.1, 0.15) is 16.8 Å². The van der Waals surface area contributed by atoms with E-state index >= 15 is 0 Å². The van der Waals surface area contributed by atoms with E-state index in [2.05, 4.69) is 14.9 Å². The summed E-state index contributed by atoms with van der Waals surface area (Å²) in [7, 11) is 3.32. The molecule has 0 bridgehead atoms. The zero-order chi connectivity index (χ0) is 19.5. The van der Waals surface area contributed by atoms with Crippen molar-refractivity contribution in [3.8, 4) is 22.9 Å². The van der Waals surface area contributed by atoms with Gasteiger partial charge in [0.1, 0.15) is 17.3 Å². The summed E-state index contributed by atoms with van der Waals surface area (Å²) < 4.78 is 11.0. The Kier molecular flexibility index (Phi) is 5.08. The lowest BCUT2D eigenvalue weighted by molar-refractivity contribution is 0.233. The van der Waals surface area contributed by atoms with E-state index in [1.807, 2.05) is 30.3 Å². The molecule has 0 atom stereocenters. The summed E-state index contributed by atoms with van der Waals surface area (Å²) in [5.41, 5.74) is 3.36. The molecule has 7 heteroatoms. The van der Waals surface area contributed by atoms with Gasteiger partial charge >= 0.3 is 0 Å². The predicted molar refractivity (Wildman–Crippen MR) is 105 cm³/mol. The quantitative estimate of drug-likeness (QED) is 0.734. The average Bonchev–Trinajstić information content (AvgIpc) is 2.74. The fraction of sp³-hybridized carbons (Fsp3) is 0.286. The number of benzene rings is 1. The van der Waals surface area contributed by atoms with E-state index < -0.39 is 0 Å². The molecule has 0 saturated carbocycles. The molecule has 3 aromatic rings. The Hall–Kier alpha value is -3.19. The van der Waals surface area contributed by atoms with E-state index in [4.69, 9.17) is 14.5 Å². The maximum absolute atomic E-state index is 12.6. The molecule has 144 valence electrons. The highest BCUT2D eigenvalue weighted by Crippen LogP contribution is 2.31. The highest BCUT2D eigenvalue weighted by atomic mass is 16.5. The maximum Gasteiger partial charge on any atom is 0.254 e. The molecule has 0 saturated heterocycles. The van der Waals surface area contributed by atoms with E-state index in [1.54, 1.807) is 26.6 Å². The first-order valence-electron chi connectivity index (χ1n) is 9.14. The number of H-pyrrole nitrogens is 1. The molecule has 0 radical (unpaired) electrons. The van der Waals surface area contributed by atoms with Crippen molar-refractivity contribution in [2.24, 2.45) is 0 Å². The van der Waals surface area contributed by atoms with Crippen LogP contribution in [0.25, 0.3) is 11.4 Å². The van der Waals surface area contributed by atoms with Crippen LogP contribution in [0.2, 0.25) is 0 Å². The van der Waals surface area contributed by atoms with Crippen molar-refractivity contribution in [3.05, 3.63) is 69.9 Å². The topological polar surface area (TPSA) is 80.3 Å². The molecule has 1 aliphatic heterocycles. The molecule has 0 unspecified atom stereocenters. The highest BCUT2D eigenvalue weighted by molar-refractivity contribution is 5.54. The number of methoxy groups -OCH3 is 2. The number of pyridine rings is 1. The Morgan fingerprint density at radius 2 is 1.82 bits per heavy atom. The first-order chi connectivity index (χ1) is 13.7. The Morgan fingerprint density at radius 3 is 2.50 bits per heavy atom. The molecule has 1 N–H and O–H groups in total. The SMILES string of the molecule is COc1cccc(OC)c1CN1CCc2c(nc(-c3ccncc3)[nH]c2=O)C1. The number of nitrogens with one attached hydrogen (secondary N) is 1. The van der Waals surface area contributed by atoms with E-state index in [9.17, 15) is 4.79 Å². The number of aromatic amines is 1. The molecule has 0 fully saturated rings. The van der Waals surface area contributed by atoms with Gasteiger partial charge in [-0.3, -0.25) is 14.7 Å². The van der Waals surface area contributed by atoms with Gasteiger partial charge in [0.25, 0.3) is 5.56 Å². The van der Waals surface area contributed by atoms with Crippen LogP contribution in [-0.2, 0) is 19.5 Å². The van der Waals surface area contributed by atoms with Gasteiger partial charge in [-0.15, -0.1) is 0 Å². The van der Waals surface area contributed by atoms with Gasteiger partial charge in [0, 0.05) is 43.2 Å². The molecule has 2 aromatic heterocycles. The zero-order valence-electron chi connectivity index (χ0n) is 15.9. The van der Waals surface area contributed by atoms with Gasteiger partial charge in [-0.05, 0) is 30.7 Å². The third-order valence-corrected chi connectivity index (χ3v) is 5.02. The maximum atomic E-state index is 12.6. The van der Waals surface area contributed by atoms with Crippen LogP contribution in [0.5, 0.6) is 11.5 Å². The summed E-state index contributed by atoms with van der Waals surface area (Å²) in [5, 5.41) is 0. The van der Waals surface area contributed by atoms with Gasteiger partial charge in [-0.2, -0.15) is 0 Å². The lowest BCUT2D eigenvalue weighted by atomic mass is 10.0. The molecule has 4 rings (SSSR count). The van der Waals surface area contributed by atoms with Gasteiger partial charge < -0.3 is 14.5 Å². The minimum atomic E-state index is -0.0636. The second kappa shape index (κ2) is 7.82. The molecule has 28 heavy (non-hydrogen) atoms. The van der Waals surface area contributed by atoms with Crippen LogP contribution in [0.15, 0.2) is 47.5 Å². The predicted octanol–water partition coefficient (Wildman–Crippen LogP) is 2.41. The van der Waals surface area contributed by atoms with E-state index in [1.165, 1.54) is 0 Å². The van der Waals surface area contributed by atoms with Crippen LogP contribution in [0.4, 0.5) is 0 Å². The fourth-order valence-electron chi connectivity index (χ4n) is 3.58. The molecule has 0 aliphatic carbocycles. The van der Waals surface area contributed by atoms with E-state index in [0.717, 1.165) is 40.4 Å². The Morgan fingerprint density at radius 1 is 1.11 bits per heavy atom. The van der Waals surface area contributed by atoms with Crippen LogP contribution < -0.4 is 15.0 Å². The second-order valence-electron chi connectivity index (χ2n) is 6.68. The van der Waals surface area contributed by atoms with Crippen molar-refractivity contribution < 1.29 is 9.47 Å². The fourth-order valence-corrected chi connectivity index (χ4v) is 3.58. The second-order valence-corrected chi connectivity index (χ2v) is 6.68. The third-order valence-electron chi connectivity index (χ3n) is 5.02. The van der Waals surface area contributed by atoms with Crippen molar-refractivity contribution >= 4 is 0 Å². The van der Waals surface area contributed by atoms with Gasteiger partial charge in [0.15, 0.2) is 0 Å². The van der Waals surface area contributed by atoms with Gasteiger partial charge in [-0.1, -0.05) is 6.07 Å². The average molecular weight is 378 g/mol. The molecule has 3 heterocycles. The molecule has 1 aliphatic rings. The first-order valence-corrected chi connectivity index (χ1v) is 9.14. The summed E-state index contributed by atoms with van der Waals surface area (Å²) >= 11 is 0. The van der Waals surface area contributed by atoms with Crippen molar-refractivity contribution in [2.45, 2.75) is 19.5 Å². The van der Waals surface area contributed by atoms with Gasteiger partial charge in [-0.25, -0.2) is 4.98 Å². The van der Waals surface area contributed by atoms with E-state index in [-0.39, 0.29) is 5.56 Å². The minimum absolute atomic E-state index is 0.0636. The summed E-state index contributed by atoms with van der Waals surface area (Å²) in [5.74, 6) is 2.16. The van der Waals surface area contributed by atoms with Crippen LogP contribution in [-0.4, -0.2) is 40.6 Å². The number of fused-ring (bicyclic) bond motifs is 1. The molecule has 1 aromatic carbocycles. The molecular formula is C21H22N4O3. The normalized spacial score (nSPS) is 13.8. The van der Waals surface area contributed by atoms with Crippen molar-refractivity contribution in [2.75, 3.05) is 20.8 Å². The Balaban J connectivity index is 1.64. The van der Waals surface area contributed by atoms with Crippen molar-refractivity contribution in [1.82, 2.24) is 19.9 Å². The molecule has 7 nitrogen and oxygen atoms in total. The number of aromatic nitrogens is 3. The summed E-state index contributed by atoms with van der Waals surface area (Å²) in [4.78, 5) is 26.5. The summed E-state index contributed by atoms with van der Waals surface area (Å²) in [6.45, 7) is 2.03. The zero-order valence-corrected chi connectivity index (χ0v) is 15.9. The Bertz CT molecular complexity index is 1010. The van der Waals surface area contributed by atoms with Crippen molar-refractivity contribution in [3.63, 3.8) is 0 Å². The summed E-state index contributed by atoms with van der Waals surface area (Å²) in [6.07, 6.45) is 4.04. The Labute approximate surface area is 163 Å². The van der Waals surface area contributed by atoms with Crippen LogP contribution in [0.3, 0.4) is 0 Å². The van der Waals surface area contributed by atoms with Crippen LogP contribution >= 0.6 is 0 Å². The summed E-state index contributed by atoms with van der Waals surface area (Å²) in [6, 6.07) is 9.45. The van der Waals surface area contributed by atoms with Gasteiger partial charge in [0.05, 0.1) is 25.5 Å². The number of rotatable bonds is 5. The highest BCUT2D eigenvalue weighted by Gasteiger charge is 2.23. The number of hydrogen-bond donors (Lipinski definition) is 1. The molecule has 0 amide bonds. The van der Waals surface area contributed by atoms with E-state index in [0.29, 0.717) is 25.3 Å². The number of hydrogen-bond acceptors (Lipinski definition) is 6. The van der Waals surface area contributed by atoms with Gasteiger partial charge in [0.2, 0.25) is 0 Å². The number of ether oxygens (including phenoxy) is 2. The standard InChI is InChI=1S/C21H22N4O3/c1-27-18-4-3-5-19(28-2)16(18)12-25-11-8-15-17(13-25)23-20(24-21(15)26)14-6-9-22-10-7-14/h3-7,9-10H,8,11-13H2,1-2H3,(H,23,24,26). The van der Waals surface area contributed by atoms with Crippen LogP contribution in [0, 0.1) is 0 Å². The minimum Gasteiger partial charge on any atom is -0.496 e. The lowest BCUT2D eigenvalue weighted by Gasteiger charge is -2.28. The van der Waals surface area contributed by atoms with Crippen molar-refractivity contribution in [1.29, 1.82) is 0 Å². The lowest BCUT2D eigenvalue weighted by Crippen LogP contribution is -2.35. The monoisotopic (exact) mass is 378 g/mol. The smallest absolute Gasteiger partial charge is 0.254 e. The number of nitrogens with zero attached hydrogens (tertiary/aromatic N) is 3.